The predicted octanol–water partition coefficient (Wildman–Crippen LogP) is 3.03. The molecule has 1 aromatic carbocycles. The van der Waals surface area contributed by atoms with E-state index in [4.69, 9.17) is 15.7 Å². The number of nitrogens with zero attached hydrogens (tertiary/aromatic N) is 3. The second-order valence-electron chi connectivity index (χ2n) is 8.31. The van der Waals surface area contributed by atoms with E-state index < -0.39 is 11.8 Å². The summed E-state index contributed by atoms with van der Waals surface area (Å²) >= 11 is 0. The zero-order chi connectivity index (χ0) is 20.6. The summed E-state index contributed by atoms with van der Waals surface area (Å²) in [4.78, 5) is 16.4. The second kappa shape index (κ2) is 10.5. The van der Waals surface area contributed by atoms with E-state index in [1.54, 1.807) is 0 Å². The van der Waals surface area contributed by atoms with Crippen LogP contribution in [0.25, 0.3) is 0 Å². The van der Waals surface area contributed by atoms with Gasteiger partial charge in [-0.15, -0.1) is 0 Å². The van der Waals surface area contributed by atoms with Gasteiger partial charge in [-0.2, -0.15) is 5.26 Å². The van der Waals surface area contributed by atoms with Gasteiger partial charge in [-0.05, 0) is 56.7 Å². The maximum Gasteiger partial charge on any atom is 0.235 e. The normalized spacial score (nSPS) is 23.9. The molecule has 0 bridgehead atoms. The maximum absolute atomic E-state index is 11.4. The number of carbonyl (C=O) groups is 1. The fraction of sp³-hybridized carbons (Fsp3) is 0.652. The Hall–Kier alpha value is -2.26. The standard InChI is InChI=1S/C23H34N4O2/c1-2-29-22-6-4-3-5-21(22)27-15-13-26(14-16-27)12-11-18-7-9-19(10-8-18)20(17-24)23(25)28/h3-6,18-20H,2,7-16H2,1H3,(H2,25,28). The van der Waals surface area contributed by atoms with Gasteiger partial charge in [0.2, 0.25) is 5.91 Å². The first kappa shape index (κ1) is 21.4. The molecule has 1 aromatic rings. The molecule has 2 fully saturated rings. The molecule has 2 N–H and O–H groups in total. The minimum atomic E-state index is -0.608. The van der Waals surface area contributed by atoms with Crippen LogP contribution in [0.2, 0.25) is 0 Å². The van der Waals surface area contributed by atoms with Gasteiger partial charge in [0, 0.05) is 26.2 Å². The topological polar surface area (TPSA) is 82.6 Å². The predicted molar refractivity (Wildman–Crippen MR) is 115 cm³/mol. The first-order chi connectivity index (χ1) is 14.1. The van der Waals surface area contributed by atoms with Crippen LogP contribution >= 0.6 is 0 Å². The van der Waals surface area contributed by atoms with E-state index in [2.05, 4.69) is 34.1 Å². The Labute approximate surface area is 174 Å². The van der Waals surface area contributed by atoms with E-state index in [9.17, 15) is 4.79 Å². The molecule has 3 rings (SSSR count). The number of anilines is 1. The summed E-state index contributed by atoms with van der Waals surface area (Å²) in [6.45, 7) is 8.05. The molecule has 0 aromatic heterocycles. The summed E-state index contributed by atoms with van der Waals surface area (Å²) in [5.41, 5.74) is 6.57. The lowest BCUT2D eigenvalue weighted by molar-refractivity contribution is -0.122. The molecule has 6 heteroatoms. The van der Waals surface area contributed by atoms with Crippen molar-refractivity contribution in [3.8, 4) is 11.8 Å². The number of hydrogen-bond donors (Lipinski definition) is 1. The van der Waals surface area contributed by atoms with E-state index in [0.29, 0.717) is 12.5 Å². The van der Waals surface area contributed by atoms with Gasteiger partial charge in [-0.25, -0.2) is 0 Å². The Kier molecular flexibility index (Phi) is 7.76. The van der Waals surface area contributed by atoms with Gasteiger partial charge in [0.1, 0.15) is 11.7 Å². The maximum atomic E-state index is 11.4. The van der Waals surface area contributed by atoms with Crippen LogP contribution in [0.1, 0.15) is 39.0 Å². The van der Waals surface area contributed by atoms with Crippen LogP contribution in [0, 0.1) is 29.1 Å². The SMILES string of the molecule is CCOc1ccccc1N1CCN(CCC2CCC(C(C#N)C(N)=O)CC2)CC1. The second-order valence-corrected chi connectivity index (χ2v) is 8.31. The van der Waals surface area contributed by atoms with Gasteiger partial charge in [-0.3, -0.25) is 9.69 Å². The molecule has 1 saturated heterocycles. The van der Waals surface area contributed by atoms with Crippen LogP contribution in [0.5, 0.6) is 5.75 Å². The molecule has 1 saturated carbocycles. The van der Waals surface area contributed by atoms with Gasteiger partial charge in [0.05, 0.1) is 18.4 Å². The van der Waals surface area contributed by atoms with Crippen LogP contribution in [0.3, 0.4) is 0 Å². The van der Waals surface area contributed by atoms with Crippen molar-refractivity contribution in [3.05, 3.63) is 24.3 Å². The van der Waals surface area contributed by atoms with Crippen molar-refractivity contribution in [2.75, 3.05) is 44.2 Å². The number of rotatable bonds is 8. The molecule has 29 heavy (non-hydrogen) atoms. The van der Waals surface area contributed by atoms with Crippen molar-refractivity contribution in [3.63, 3.8) is 0 Å². The molecule has 1 amide bonds. The van der Waals surface area contributed by atoms with Crippen molar-refractivity contribution in [1.29, 1.82) is 5.26 Å². The molecule has 1 aliphatic heterocycles. The zero-order valence-electron chi connectivity index (χ0n) is 17.6. The third-order valence-corrected chi connectivity index (χ3v) is 6.54. The molecule has 0 spiro atoms. The number of amides is 1. The highest BCUT2D eigenvalue weighted by Crippen LogP contribution is 2.35. The summed E-state index contributed by atoms with van der Waals surface area (Å²) in [5.74, 6) is 0.771. The third kappa shape index (κ3) is 5.63. The molecule has 1 heterocycles. The van der Waals surface area contributed by atoms with Crippen molar-refractivity contribution in [1.82, 2.24) is 4.90 Å². The Morgan fingerprint density at radius 2 is 1.90 bits per heavy atom. The highest BCUT2D eigenvalue weighted by molar-refractivity contribution is 5.79. The molecular formula is C23H34N4O2. The van der Waals surface area contributed by atoms with Crippen molar-refractivity contribution in [2.24, 2.45) is 23.5 Å². The van der Waals surface area contributed by atoms with Gasteiger partial charge >= 0.3 is 0 Å². The summed E-state index contributed by atoms with van der Waals surface area (Å²) in [6.07, 6.45) is 5.33. The number of benzene rings is 1. The fourth-order valence-electron chi connectivity index (χ4n) is 4.79. The Bertz CT molecular complexity index is 701. The van der Waals surface area contributed by atoms with Crippen LogP contribution in [-0.2, 0) is 4.79 Å². The van der Waals surface area contributed by atoms with Gasteiger partial charge in [0.15, 0.2) is 0 Å². The van der Waals surface area contributed by atoms with E-state index >= 15 is 0 Å². The third-order valence-electron chi connectivity index (χ3n) is 6.54. The van der Waals surface area contributed by atoms with Crippen molar-refractivity contribution in [2.45, 2.75) is 39.0 Å². The van der Waals surface area contributed by atoms with E-state index in [1.807, 2.05) is 13.0 Å². The molecule has 1 atom stereocenters. The Morgan fingerprint density at radius 3 is 2.52 bits per heavy atom. The van der Waals surface area contributed by atoms with Crippen LogP contribution in [0.4, 0.5) is 5.69 Å². The minimum absolute atomic E-state index is 0.155. The molecule has 158 valence electrons. The van der Waals surface area contributed by atoms with Crippen molar-refractivity contribution >= 4 is 11.6 Å². The van der Waals surface area contributed by atoms with Crippen LogP contribution in [0.15, 0.2) is 24.3 Å². The molecule has 1 aliphatic carbocycles. The summed E-state index contributed by atoms with van der Waals surface area (Å²) < 4.78 is 5.79. The number of nitrogens with two attached hydrogens (primary N) is 1. The molecule has 6 nitrogen and oxygen atoms in total. The minimum Gasteiger partial charge on any atom is -0.492 e. The number of hydrogen-bond acceptors (Lipinski definition) is 5. The number of ether oxygens (including phenoxy) is 1. The van der Waals surface area contributed by atoms with Crippen LogP contribution in [-0.4, -0.2) is 50.1 Å². The van der Waals surface area contributed by atoms with E-state index in [1.165, 1.54) is 12.1 Å². The smallest absolute Gasteiger partial charge is 0.235 e. The number of nitriles is 1. The summed E-state index contributed by atoms with van der Waals surface area (Å²) in [5, 5.41) is 9.17. The number of para-hydroxylation sites is 2. The zero-order valence-corrected chi connectivity index (χ0v) is 17.6. The van der Waals surface area contributed by atoms with Crippen LogP contribution < -0.4 is 15.4 Å². The average molecular weight is 399 g/mol. The quantitative estimate of drug-likeness (QED) is 0.728. The summed E-state index contributed by atoms with van der Waals surface area (Å²) in [6, 6.07) is 10.4. The number of piperazine rings is 1. The molecule has 0 radical (unpaired) electrons. The van der Waals surface area contributed by atoms with Gasteiger partial charge in [0.25, 0.3) is 0 Å². The lowest BCUT2D eigenvalue weighted by atomic mass is 9.75. The van der Waals surface area contributed by atoms with E-state index in [0.717, 1.165) is 64.2 Å². The van der Waals surface area contributed by atoms with E-state index in [-0.39, 0.29) is 5.92 Å². The Balaban J connectivity index is 1.40. The number of primary amides is 1. The highest BCUT2D eigenvalue weighted by atomic mass is 16.5. The monoisotopic (exact) mass is 398 g/mol. The lowest BCUT2D eigenvalue weighted by Crippen LogP contribution is -2.47. The molecular weight excluding hydrogens is 364 g/mol. The van der Waals surface area contributed by atoms with Gasteiger partial charge < -0.3 is 15.4 Å². The fourth-order valence-corrected chi connectivity index (χ4v) is 4.79. The largest absolute Gasteiger partial charge is 0.492 e. The Morgan fingerprint density at radius 1 is 1.21 bits per heavy atom. The lowest BCUT2D eigenvalue weighted by Gasteiger charge is -2.38. The molecule has 1 unspecified atom stereocenters. The van der Waals surface area contributed by atoms with Gasteiger partial charge in [-0.1, -0.05) is 25.0 Å². The first-order valence-corrected chi connectivity index (χ1v) is 11.0. The average Bonchev–Trinajstić information content (AvgIpc) is 2.74. The summed E-state index contributed by atoms with van der Waals surface area (Å²) in [7, 11) is 0. The number of carbonyl (C=O) groups excluding carboxylic acids is 1. The first-order valence-electron chi connectivity index (χ1n) is 11.0. The highest BCUT2D eigenvalue weighted by Gasteiger charge is 2.31. The van der Waals surface area contributed by atoms with Crippen molar-refractivity contribution < 1.29 is 9.53 Å². The molecule has 2 aliphatic rings.